The van der Waals surface area contributed by atoms with E-state index in [0.29, 0.717) is 16.4 Å². The number of aromatic nitrogens is 2. The Kier molecular flexibility index (Phi) is 2.66. The second-order valence-electron chi connectivity index (χ2n) is 2.79. The molecule has 0 unspecified atom stereocenters. The van der Waals surface area contributed by atoms with Gasteiger partial charge in [0.15, 0.2) is 11.8 Å². The van der Waals surface area contributed by atoms with Crippen LogP contribution in [-0.4, -0.2) is 16.6 Å². The Balaban J connectivity index is 2.44. The third-order valence-corrected chi connectivity index (χ3v) is 2.11. The second-order valence-corrected chi connectivity index (χ2v) is 3.15. The molecule has 0 radical (unpaired) electrons. The second kappa shape index (κ2) is 4.11. The molecule has 0 aliphatic rings. The molecule has 15 heavy (non-hydrogen) atoms. The van der Waals surface area contributed by atoms with Crippen molar-refractivity contribution in [1.82, 2.24) is 9.97 Å². The van der Waals surface area contributed by atoms with Crippen molar-refractivity contribution in [2.75, 3.05) is 6.61 Å². The van der Waals surface area contributed by atoms with Crippen LogP contribution in [0.25, 0.3) is 10.9 Å². The fraction of sp³-hybridized carbons (Fsp3) is 0.100. The molecule has 0 aromatic carbocycles. The quantitative estimate of drug-likeness (QED) is 0.727. The topological polar surface area (TPSA) is 58.8 Å². The number of nitriles is 1. The van der Waals surface area contributed by atoms with Crippen molar-refractivity contribution in [3.05, 3.63) is 29.7 Å². The van der Waals surface area contributed by atoms with Crippen LogP contribution in [0.2, 0.25) is 5.15 Å². The molecule has 0 amide bonds. The minimum atomic E-state index is 0.00595. The molecule has 5 heteroatoms. The lowest BCUT2D eigenvalue weighted by molar-refractivity contribution is 0.367. The summed E-state index contributed by atoms with van der Waals surface area (Å²) in [5, 5.41) is 9.56. The molecule has 2 rings (SSSR count). The Labute approximate surface area is 91.1 Å². The van der Waals surface area contributed by atoms with Crippen LogP contribution in [-0.2, 0) is 0 Å². The van der Waals surface area contributed by atoms with E-state index in [1.165, 1.54) is 6.20 Å². The van der Waals surface area contributed by atoms with Crippen LogP contribution < -0.4 is 4.74 Å². The van der Waals surface area contributed by atoms with E-state index in [2.05, 4.69) is 9.97 Å². The highest BCUT2D eigenvalue weighted by Crippen LogP contribution is 2.22. The van der Waals surface area contributed by atoms with E-state index in [1.54, 1.807) is 18.3 Å². The maximum atomic E-state index is 8.36. The molecule has 0 N–H and O–H groups in total. The first-order chi connectivity index (χ1) is 7.31. The summed E-state index contributed by atoms with van der Waals surface area (Å²) in [6.45, 7) is 0.00595. The minimum absolute atomic E-state index is 0.00595. The fourth-order valence-corrected chi connectivity index (χ4v) is 1.41. The molecular weight excluding hydrogens is 214 g/mol. The average Bonchev–Trinajstić information content (AvgIpc) is 2.26. The third kappa shape index (κ3) is 1.97. The van der Waals surface area contributed by atoms with Crippen LogP contribution in [0.15, 0.2) is 24.5 Å². The van der Waals surface area contributed by atoms with Gasteiger partial charge in [0, 0.05) is 11.6 Å². The molecule has 0 saturated carbocycles. The van der Waals surface area contributed by atoms with Crippen molar-refractivity contribution in [3.8, 4) is 11.8 Å². The third-order valence-electron chi connectivity index (χ3n) is 1.83. The molecule has 0 saturated heterocycles. The summed E-state index contributed by atoms with van der Waals surface area (Å²) in [6, 6.07) is 5.44. The first kappa shape index (κ1) is 9.69. The molecule has 2 aromatic heterocycles. The number of nitrogens with zero attached hydrogens (tertiary/aromatic N) is 3. The zero-order chi connectivity index (χ0) is 10.7. The van der Waals surface area contributed by atoms with Gasteiger partial charge in [0.05, 0.1) is 6.20 Å². The average molecular weight is 220 g/mol. The molecular formula is C10H6ClN3O. The number of rotatable bonds is 2. The van der Waals surface area contributed by atoms with E-state index in [9.17, 15) is 0 Å². The van der Waals surface area contributed by atoms with Crippen molar-refractivity contribution >= 4 is 22.5 Å². The van der Waals surface area contributed by atoms with E-state index < -0.39 is 0 Å². The smallest absolute Gasteiger partial charge is 0.174 e. The van der Waals surface area contributed by atoms with Gasteiger partial charge in [-0.25, -0.2) is 9.97 Å². The number of hydrogen-bond donors (Lipinski definition) is 0. The van der Waals surface area contributed by atoms with Crippen LogP contribution >= 0.6 is 11.6 Å². The van der Waals surface area contributed by atoms with E-state index in [1.807, 2.05) is 6.07 Å². The number of halogens is 1. The molecule has 2 heterocycles. The summed E-state index contributed by atoms with van der Waals surface area (Å²) >= 11 is 5.85. The van der Waals surface area contributed by atoms with Crippen molar-refractivity contribution < 1.29 is 4.74 Å². The standard InChI is InChI=1S/C10H6ClN3O/c11-10-9-7(1-3-13-10)5-8(6-14-9)15-4-2-12/h1,3,5-6H,4H2. The molecule has 0 aliphatic carbocycles. The molecule has 0 atom stereocenters. The number of hydrogen-bond acceptors (Lipinski definition) is 4. The van der Waals surface area contributed by atoms with E-state index >= 15 is 0 Å². The Morgan fingerprint density at radius 1 is 1.47 bits per heavy atom. The van der Waals surface area contributed by atoms with Gasteiger partial charge in [0.2, 0.25) is 0 Å². The molecule has 0 fully saturated rings. The number of ether oxygens (including phenoxy) is 1. The molecule has 0 aliphatic heterocycles. The van der Waals surface area contributed by atoms with Crippen molar-refractivity contribution in [1.29, 1.82) is 5.26 Å². The summed E-state index contributed by atoms with van der Waals surface area (Å²) in [7, 11) is 0. The summed E-state index contributed by atoms with van der Waals surface area (Å²) in [5.41, 5.74) is 0.628. The number of fused-ring (bicyclic) bond motifs is 1. The monoisotopic (exact) mass is 219 g/mol. The number of pyridine rings is 2. The van der Waals surface area contributed by atoms with Gasteiger partial charge in [0.1, 0.15) is 17.3 Å². The Bertz CT molecular complexity index is 536. The highest BCUT2D eigenvalue weighted by atomic mass is 35.5. The highest BCUT2D eigenvalue weighted by molar-refractivity contribution is 6.33. The van der Waals surface area contributed by atoms with Crippen LogP contribution in [0.1, 0.15) is 0 Å². The van der Waals surface area contributed by atoms with Crippen LogP contribution in [0.4, 0.5) is 0 Å². The zero-order valence-electron chi connectivity index (χ0n) is 7.64. The van der Waals surface area contributed by atoms with Gasteiger partial charge in [0.25, 0.3) is 0 Å². The largest absolute Gasteiger partial charge is 0.477 e. The van der Waals surface area contributed by atoms with Crippen molar-refractivity contribution in [2.45, 2.75) is 0 Å². The molecule has 2 aromatic rings. The van der Waals surface area contributed by atoms with Crippen molar-refractivity contribution in [2.24, 2.45) is 0 Å². The normalized spacial score (nSPS) is 9.87. The van der Waals surface area contributed by atoms with Crippen LogP contribution in [0.5, 0.6) is 5.75 Å². The highest BCUT2D eigenvalue weighted by Gasteiger charge is 2.02. The Hall–Kier alpha value is -1.86. The first-order valence-corrected chi connectivity index (χ1v) is 4.59. The van der Waals surface area contributed by atoms with Gasteiger partial charge in [-0.2, -0.15) is 5.26 Å². The summed E-state index contributed by atoms with van der Waals surface area (Å²) in [6.07, 6.45) is 3.12. The van der Waals surface area contributed by atoms with E-state index in [-0.39, 0.29) is 6.61 Å². The SMILES string of the molecule is N#CCOc1cnc2c(Cl)nccc2c1. The lowest BCUT2D eigenvalue weighted by atomic mass is 10.2. The van der Waals surface area contributed by atoms with Crippen LogP contribution in [0.3, 0.4) is 0 Å². The van der Waals surface area contributed by atoms with Gasteiger partial charge in [-0.15, -0.1) is 0 Å². The van der Waals surface area contributed by atoms with Crippen LogP contribution in [0, 0.1) is 11.3 Å². The molecule has 0 spiro atoms. The summed E-state index contributed by atoms with van der Waals surface area (Å²) in [4.78, 5) is 8.01. The van der Waals surface area contributed by atoms with Crippen molar-refractivity contribution in [3.63, 3.8) is 0 Å². The predicted molar refractivity (Wildman–Crippen MR) is 55.7 cm³/mol. The van der Waals surface area contributed by atoms with Gasteiger partial charge < -0.3 is 4.74 Å². The predicted octanol–water partition coefficient (Wildman–Crippen LogP) is 2.19. The lowest BCUT2D eigenvalue weighted by Crippen LogP contribution is -1.94. The fourth-order valence-electron chi connectivity index (χ4n) is 1.20. The van der Waals surface area contributed by atoms with E-state index in [0.717, 1.165) is 5.39 Å². The molecule has 0 bridgehead atoms. The summed E-state index contributed by atoms with van der Waals surface area (Å²) < 4.78 is 5.12. The van der Waals surface area contributed by atoms with E-state index in [4.69, 9.17) is 21.6 Å². The maximum absolute atomic E-state index is 8.36. The molecule has 4 nitrogen and oxygen atoms in total. The van der Waals surface area contributed by atoms with Gasteiger partial charge in [-0.05, 0) is 12.1 Å². The first-order valence-electron chi connectivity index (χ1n) is 4.21. The maximum Gasteiger partial charge on any atom is 0.174 e. The summed E-state index contributed by atoms with van der Waals surface area (Å²) in [5.74, 6) is 0.548. The van der Waals surface area contributed by atoms with Gasteiger partial charge in [-0.3, -0.25) is 0 Å². The molecule has 74 valence electrons. The Morgan fingerprint density at radius 3 is 3.13 bits per heavy atom. The minimum Gasteiger partial charge on any atom is -0.477 e. The Morgan fingerprint density at radius 2 is 2.33 bits per heavy atom. The zero-order valence-corrected chi connectivity index (χ0v) is 8.40. The van der Waals surface area contributed by atoms with Gasteiger partial charge in [-0.1, -0.05) is 11.6 Å². The lowest BCUT2D eigenvalue weighted by Gasteiger charge is -2.03. The van der Waals surface area contributed by atoms with Gasteiger partial charge >= 0.3 is 0 Å².